The summed E-state index contributed by atoms with van der Waals surface area (Å²) < 4.78 is 5.13. The number of carbonyl (C=O) groups excluding carboxylic acids is 2. The summed E-state index contributed by atoms with van der Waals surface area (Å²) in [6, 6.07) is 15.5. The smallest absolute Gasteiger partial charge is 0.262 e. The molecule has 2 heterocycles. The molecule has 3 rings (SSSR count). The zero-order chi connectivity index (χ0) is 19.1. The van der Waals surface area contributed by atoms with Crippen LogP contribution in [0.3, 0.4) is 0 Å². The normalized spacial score (nSPS) is 12.9. The van der Waals surface area contributed by atoms with Gasteiger partial charge >= 0.3 is 0 Å². The van der Waals surface area contributed by atoms with Gasteiger partial charge in [-0.2, -0.15) is 0 Å². The minimum absolute atomic E-state index is 0.00743. The fraction of sp³-hybridized carbons (Fsp3) is 0.200. The average molecular weight is 384 g/mol. The molecule has 0 aliphatic carbocycles. The van der Waals surface area contributed by atoms with Gasteiger partial charge in [0, 0.05) is 6.42 Å². The number of aliphatic hydroxyl groups excluding tert-OH is 1. The van der Waals surface area contributed by atoms with E-state index in [1.54, 1.807) is 29.6 Å². The highest BCUT2D eigenvalue weighted by Gasteiger charge is 2.23. The number of amides is 2. The predicted molar refractivity (Wildman–Crippen MR) is 102 cm³/mol. The fourth-order valence-electron chi connectivity index (χ4n) is 2.60. The van der Waals surface area contributed by atoms with E-state index in [1.807, 2.05) is 30.3 Å². The van der Waals surface area contributed by atoms with Gasteiger partial charge in [-0.25, -0.2) is 0 Å². The second kappa shape index (κ2) is 9.16. The highest BCUT2D eigenvalue weighted by atomic mass is 32.1. The summed E-state index contributed by atoms with van der Waals surface area (Å²) >= 11 is 1.31. The quantitative estimate of drug-likeness (QED) is 0.557. The Bertz CT molecular complexity index is 848. The van der Waals surface area contributed by atoms with Crippen LogP contribution in [-0.2, 0) is 11.2 Å². The Labute approximate surface area is 160 Å². The molecule has 7 heteroatoms. The molecule has 6 nitrogen and oxygen atoms in total. The van der Waals surface area contributed by atoms with E-state index < -0.39 is 12.1 Å². The number of hydrogen-bond acceptors (Lipinski definition) is 5. The van der Waals surface area contributed by atoms with Crippen LogP contribution in [0.25, 0.3) is 0 Å². The minimum atomic E-state index is -0.950. The molecule has 2 aromatic heterocycles. The average Bonchev–Trinajstić information content (AvgIpc) is 3.40. The Morgan fingerprint density at radius 2 is 1.89 bits per heavy atom. The van der Waals surface area contributed by atoms with Gasteiger partial charge < -0.3 is 20.2 Å². The molecule has 3 N–H and O–H groups in total. The molecule has 0 fully saturated rings. The van der Waals surface area contributed by atoms with Gasteiger partial charge in [-0.1, -0.05) is 36.4 Å². The molecule has 0 radical (unpaired) electrons. The number of benzene rings is 1. The fourth-order valence-corrected chi connectivity index (χ4v) is 3.22. The topological polar surface area (TPSA) is 91.6 Å². The van der Waals surface area contributed by atoms with Crippen LogP contribution in [0.5, 0.6) is 0 Å². The van der Waals surface area contributed by atoms with Crippen molar-refractivity contribution in [3.8, 4) is 0 Å². The van der Waals surface area contributed by atoms with E-state index in [4.69, 9.17) is 4.42 Å². The molecule has 0 saturated heterocycles. The summed E-state index contributed by atoms with van der Waals surface area (Å²) in [4.78, 5) is 25.6. The zero-order valence-electron chi connectivity index (χ0n) is 14.5. The minimum Gasteiger partial charge on any atom is -0.467 e. The maximum atomic E-state index is 12.7. The lowest BCUT2D eigenvalue weighted by molar-refractivity contribution is -0.123. The molecule has 3 aromatic rings. The summed E-state index contributed by atoms with van der Waals surface area (Å²) in [5.41, 5.74) is 0.927. The molecule has 2 amide bonds. The summed E-state index contributed by atoms with van der Waals surface area (Å²) in [6.45, 7) is -0.00743. The number of nitrogens with one attached hydrogen (secondary N) is 2. The van der Waals surface area contributed by atoms with Gasteiger partial charge in [-0.05, 0) is 29.1 Å². The van der Waals surface area contributed by atoms with Crippen LogP contribution >= 0.6 is 11.3 Å². The molecule has 140 valence electrons. The van der Waals surface area contributed by atoms with E-state index in [-0.39, 0.29) is 18.4 Å². The molecule has 27 heavy (non-hydrogen) atoms. The van der Waals surface area contributed by atoms with Crippen LogP contribution in [0.4, 0.5) is 0 Å². The van der Waals surface area contributed by atoms with Crippen molar-refractivity contribution >= 4 is 23.2 Å². The summed E-state index contributed by atoms with van der Waals surface area (Å²) in [5, 5.41) is 17.3. The summed E-state index contributed by atoms with van der Waals surface area (Å²) in [7, 11) is 0. The molecule has 0 bridgehead atoms. The number of hydrogen-bond donors (Lipinski definition) is 3. The maximum absolute atomic E-state index is 12.7. The van der Waals surface area contributed by atoms with E-state index in [0.29, 0.717) is 17.1 Å². The Balaban J connectivity index is 1.66. The van der Waals surface area contributed by atoms with Gasteiger partial charge in [-0.15, -0.1) is 11.3 Å². The lowest BCUT2D eigenvalue weighted by atomic mass is 10.0. The molecule has 2 atom stereocenters. The third-order valence-corrected chi connectivity index (χ3v) is 4.86. The van der Waals surface area contributed by atoms with Crippen molar-refractivity contribution in [2.75, 3.05) is 6.54 Å². The van der Waals surface area contributed by atoms with Gasteiger partial charge in [0.2, 0.25) is 5.91 Å². The van der Waals surface area contributed by atoms with Gasteiger partial charge in [0.05, 0.1) is 17.7 Å². The van der Waals surface area contributed by atoms with Crippen LogP contribution < -0.4 is 10.6 Å². The number of aliphatic hydroxyl groups is 1. The first-order valence-electron chi connectivity index (χ1n) is 8.51. The Morgan fingerprint density at radius 1 is 1.07 bits per heavy atom. The second-order valence-electron chi connectivity index (χ2n) is 5.97. The summed E-state index contributed by atoms with van der Waals surface area (Å²) in [5.74, 6) is -0.292. The van der Waals surface area contributed by atoms with E-state index in [9.17, 15) is 14.7 Å². The molecule has 1 aromatic carbocycles. The Hall–Kier alpha value is -2.90. The summed E-state index contributed by atoms with van der Waals surface area (Å²) in [6.07, 6.45) is 0.856. The van der Waals surface area contributed by atoms with Gasteiger partial charge in [0.25, 0.3) is 5.91 Å². The maximum Gasteiger partial charge on any atom is 0.262 e. The first kappa shape index (κ1) is 18.9. The van der Waals surface area contributed by atoms with Gasteiger partial charge in [-0.3, -0.25) is 9.59 Å². The van der Waals surface area contributed by atoms with Crippen LogP contribution in [0.1, 0.15) is 27.1 Å². The van der Waals surface area contributed by atoms with Crippen molar-refractivity contribution in [1.82, 2.24) is 10.6 Å². The van der Waals surface area contributed by atoms with Crippen LogP contribution in [0.15, 0.2) is 70.7 Å². The monoisotopic (exact) mass is 384 g/mol. The van der Waals surface area contributed by atoms with E-state index in [1.165, 1.54) is 17.6 Å². The first-order valence-corrected chi connectivity index (χ1v) is 9.39. The lowest BCUT2D eigenvalue weighted by Crippen LogP contribution is -2.48. The van der Waals surface area contributed by atoms with Crippen molar-refractivity contribution in [2.45, 2.75) is 18.6 Å². The standard InChI is InChI=1S/C20H20N2O4S/c23-16(17-8-4-10-26-17)13-21-19(24)15(12-14-6-2-1-3-7-14)22-20(25)18-9-5-11-27-18/h1-11,15-16,23H,12-13H2,(H,21,24)(H,22,25). The molecule has 2 unspecified atom stereocenters. The van der Waals surface area contributed by atoms with E-state index in [2.05, 4.69) is 10.6 Å². The van der Waals surface area contributed by atoms with Crippen molar-refractivity contribution in [3.05, 3.63) is 82.4 Å². The van der Waals surface area contributed by atoms with Crippen LogP contribution in [-0.4, -0.2) is 29.5 Å². The second-order valence-corrected chi connectivity index (χ2v) is 6.92. The molecule has 0 saturated carbocycles. The number of carbonyl (C=O) groups is 2. The highest BCUT2D eigenvalue weighted by molar-refractivity contribution is 7.12. The molecule has 0 aliphatic rings. The first-order chi connectivity index (χ1) is 13.1. The zero-order valence-corrected chi connectivity index (χ0v) is 15.3. The molecule has 0 aliphatic heterocycles. The van der Waals surface area contributed by atoms with Crippen LogP contribution in [0, 0.1) is 0 Å². The van der Waals surface area contributed by atoms with Crippen molar-refractivity contribution < 1.29 is 19.1 Å². The third-order valence-electron chi connectivity index (χ3n) is 3.99. The van der Waals surface area contributed by atoms with Gasteiger partial charge in [0.1, 0.15) is 17.9 Å². The van der Waals surface area contributed by atoms with Crippen molar-refractivity contribution in [1.29, 1.82) is 0 Å². The van der Waals surface area contributed by atoms with E-state index >= 15 is 0 Å². The number of furan rings is 1. The SMILES string of the molecule is O=C(NC(Cc1ccccc1)C(=O)NCC(O)c1ccco1)c1cccs1. The van der Waals surface area contributed by atoms with Crippen molar-refractivity contribution in [2.24, 2.45) is 0 Å². The Kier molecular flexibility index (Phi) is 6.40. The van der Waals surface area contributed by atoms with Gasteiger partial charge in [0.15, 0.2) is 0 Å². The third kappa shape index (κ3) is 5.29. The molecule has 0 spiro atoms. The molecular weight excluding hydrogens is 364 g/mol. The van der Waals surface area contributed by atoms with Crippen LogP contribution in [0.2, 0.25) is 0 Å². The lowest BCUT2D eigenvalue weighted by Gasteiger charge is -2.19. The predicted octanol–water partition coefficient (Wildman–Crippen LogP) is 2.53. The highest BCUT2D eigenvalue weighted by Crippen LogP contribution is 2.13. The number of rotatable bonds is 8. The van der Waals surface area contributed by atoms with E-state index in [0.717, 1.165) is 5.56 Å². The Morgan fingerprint density at radius 3 is 2.56 bits per heavy atom. The van der Waals surface area contributed by atoms with Crippen molar-refractivity contribution in [3.63, 3.8) is 0 Å². The largest absolute Gasteiger partial charge is 0.467 e. The number of thiophene rings is 1. The molecular formula is C20H20N2O4S.